The number of rotatable bonds is 5. The van der Waals surface area contributed by atoms with Crippen molar-refractivity contribution in [2.24, 2.45) is 0 Å². The Labute approximate surface area is 93.9 Å². The number of anilines is 1. The first-order valence-corrected chi connectivity index (χ1v) is 5.00. The van der Waals surface area contributed by atoms with Crippen LogP contribution in [-0.2, 0) is 0 Å². The molecule has 1 heterocycles. The number of carboxylic acid groups (broad SMARTS) is 1. The van der Waals surface area contributed by atoms with Gasteiger partial charge in [0.2, 0.25) is 0 Å². The summed E-state index contributed by atoms with van der Waals surface area (Å²) in [6.07, 6.45) is 1.86. The van der Waals surface area contributed by atoms with Crippen LogP contribution in [0, 0.1) is 11.3 Å². The standard InChI is InChI=1S/C11H13N3O2/c1-2-14(7-3-5-12)10-8-9(11(15)16)4-6-13-10/h4,6,8H,2-3,7H2,1H3,(H,15,16). The molecule has 0 aromatic carbocycles. The Balaban J connectivity index is 2.88. The minimum absolute atomic E-state index is 0.209. The van der Waals surface area contributed by atoms with E-state index in [0.29, 0.717) is 25.3 Å². The van der Waals surface area contributed by atoms with Crippen LogP contribution >= 0.6 is 0 Å². The first kappa shape index (κ1) is 12.0. The second-order valence-corrected chi connectivity index (χ2v) is 3.20. The quantitative estimate of drug-likeness (QED) is 0.812. The minimum atomic E-state index is -0.972. The number of carbonyl (C=O) groups is 1. The van der Waals surface area contributed by atoms with E-state index >= 15 is 0 Å². The number of hydrogen-bond acceptors (Lipinski definition) is 4. The van der Waals surface area contributed by atoms with E-state index in [2.05, 4.69) is 11.1 Å². The molecule has 1 aromatic rings. The van der Waals surface area contributed by atoms with Crippen molar-refractivity contribution < 1.29 is 9.90 Å². The average Bonchev–Trinajstić information content (AvgIpc) is 2.30. The van der Waals surface area contributed by atoms with Gasteiger partial charge >= 0.3 is 5.97 Å². The number of hydrogen-bond donors (Lipinski definition) is 1. The summed E-state index contributed by atoms with van der Waals surface area (Å²) >= 11 is 0. The van der Waals surface area contributed by atoms with Crippen molar-refractivity contribution >= 4 is 11.8 Å². The fourth-order valence-corrected chi connectivity index (χ4v) is 1.34. The third-order valence-electron chi connectivity index (χ3n) is 2.19. The van der Waals surface area contributed by atoms with Gasteiger partial charge in [-0.1, -0.05) is 0 Å². The Morgan fingerprint density at radius 2 is 2.44 bits per heavy atom. The lowest BCUT2D eigenvalue weighted by atomic mass is 10.2. The van der Waals surface area contributed by atoms with Gasteiger partial charge in [-0.15, -0.1) is 0 Å². The summed E-state index contributed by atoms with van der Waals surface area (Å²) in [6, 6.07) is 5.02. The molecule has 84 valence electrons. The van der Waals surface area contributed by atoms with Crippen LogP contribution in [0.3, 0.4) is 0 Å². The van der Waals surface area contributed by atoms with Gasteiger partial charge in [-0.3, -0.25) is 0 Å². The fraction of sp³-hybridized carbons (Fsp3) is 0.364. The van der Waals surface area contributed by atoms with Gasteiger partial charge in [0.25, 0.3) is 0 Å². The lowest BCUT2D eigenvalue weighted by molar-refractivity contribution is 0.0697. The summed E-state index contributed by atoms with van der Waals surface area (Å²) < 4.78 is 0. The van der Waals surface area contributed by atoms with E-state index in [0.717, 1.165) is 0 Å². The molecule has 0 aliphatic rings. The topological polar surface area (TPSA) is 77.2 Å². The highest BCUT2D eigenvalue weighted by Crippen LogP contribution is 2.12. The van der Waals surface area contributed by atoms with Crippen LogP contribution in [0.2, 0.25) is 0 Å². The number of nitriles is 1. The smallest absolute Gasteiger partial charge is 0.335 e. The van der Waals surface area contributed by atoms with Crippen LogP contribution in [0.5, 0.6) is 0 Å². The van der Waals surface area contributed by atoms with Crippen molar-refractivity contribution in [3.63, 3.8) is 0 Å². The van der Waals surface area contributed by atoms with Crippen LogP contribution in [-0.4, -0.2) is 29.1 Å². The van der Waals surface area contributed by atoms with Crippen molar-refractivity contribution in [3.8, 4) is 6.07 Å². The zero-order valence-corrected chi connectivity index (χ0v) is 9.05. The third kappa shape index (κ3) is 2.95. The van der Waals surface area contributed by atoms with Crippen LogP contribution in [0.25, 0.3) is 0 Å². The highest BCUT2D eigenvalue weighted by Gasteiger charge is 2.09. The molecule has 0 atom stereocenters. The highest BCUT2D eigenvalue weighted by atomic mass is 16.4. The van der Waals surface area contributed by atoms with Crippen LogP contribution < -0.4 is 4.90 Å². The summed E-state index contributed by atoms with van der Waals surface area (Å²) in [5.41, 5.74) is 0.209. The summed E-state index contributed by atoms with van der Waals surface area (Å²) in [5.74, 6) is -0.377. The molecule has 5 heteroatoms. The maximum Gasteiger partial charge on any atom is 0.335 e. The number of nitrogens with zero attached hydrogens (tertiary/aromatic N) is 3. The van der Waals surface area contributed by atoms with Crippen molar-refractivity contribution in [2.45, 2.75) is 13.3 Å². The first-order chi connectivity index (χ1) is 7.69. The second kappa shape index (κ2) is 5.71. The van der Waals surface area contributed by atoms with Gasteiger partial charge in [0, 0.05) is 19.3 Å². The van der Waals surface area contributed by atoms with Gasteiger partial charge in [-0.25, -0.2) is 9.78 Å². The molecule has 1 aromatic heterocycles. The van der Waals surface area contributed by atoms with Gasteiger partial charge in [0.15, 0.2) is 0 Å². The van der Waals surface area contributed by atoms with Crippen LogP contribution in [0.1, 0.15) is 23.7 Å². The van der Waals surface area contributed by atoms with Gasteiger partial charge in [0.1, 0.15) is 5.82 Å². The fourth-order valence-electron chi connectivity index (χ4n) is 1.34. The zero-order chi connectivity index (χ0) is 12.0. The molecule has 0 unspecified atom stereocenters. The van der Waals surface area contributed by atoms with E-state index in [9.17, 15) is 4.79 Å². The van der Waals surface area contributed by atoms with Gasteiger partial charge < -0.3 is 10.0 Å². The van der Waals surface area contributed by atoms with E-state index in [1.807, 2.05) is 11.8 Å². The number of aromatic nitrogens is 1. The Morgan fingerprint density at radius 3 is 3.00 bits per heavy atom. The molecule has 1 N–H and O–H groups in total. The Kier molecular flexibility index (Phi) is 4.28. The molecule has 1 rings (SSSR count). The van der Waals surface area contributed by atoms with E-state index in [1.165, 1.54) is 18.3 Å². The van der Waals surface area contributed by atoms with Crippen LogP contribution in [0.15, 0.2) is 18.3 Å². The number of aromatic carboxylic acids is 1. The summed E-state index contributed by atoms with van der Waals surface area (Å²) in [4.78, 5) is 16.7. The maximum atomic E-state index is 10.8. The molecule has 0 aliphatic carbocycles. The molecule has 0 spiro atoms. The summed E-state index contributed by atoms with van der Waals surface area (Å²) in [7, 11) is 0. The SMILES string of the molecule is CCN(CCC#N)c1cc(C(=O)O)ccn1. The molecule has 0 saturated heterocycles. The molecule has 0 aliphatic heterocycles. The minimum Gasteiger partial charge on any atom is -0.478 e. The van der Waals surface area contributed by atoms with Gasteiger partial charge in [-0.05, 0) is 19.1 Å². The van der Waals surface area contributed by atoms with Gasteiger partial charge in [0.05, 0.1) is 18.1 Å². The zero-order valence-electron chi connectivity index (χ0n) is 9.05. The highest BCUT2D eigenvalue weighted by molar-refractivity contribution is 5.88. The molecule has 16 heavy (non-hydrogen) atoms. The second-order valence-electron chi connectivity index (χ2n) is 3.20. The normalized spacial score (nSPS) is 9.50. The molecule has 5 nitrogen and oxygen atoms in total. The first-order valence-electron chi connectivity index (χ1n) is 5.00. The van der Waals surface area contributed by atoms with Crippen molar-refractivity contribution in [1.82, 2.24) is 4.98 Å². The molecule has 0 saturated carbocycles. The predicted molar refractivity (Wildman–Crippen MR) is 59.3 cm³/mol. The lowest BCUT2D eigenvalue weighted by Gasteiger charge is -2.20. The Bertz CT molecular complexity index is 412. The van der Waals surface area contributed by atoms with E-state index < -0.39 is 5.97 Å². The van der Waals surface area contributed by atoms with Gasteiger partial charge in [-0.2, -0.15) is 5.26 Å². The predicted octanol–water partition coefficient (Wildman–Crippen LogP) is 1.52. The molecule has 0 amide bonds. The molecule has 0 radical (unpaired) electrons. The van der Waals surface area contributed by atoms with E-state index in [-0.39, 0.29) is 5.56 Å². The van der Waals surface area contributed by atoms with Crippen molar-refractivity contribution in [3.05, 3.63) is 23.9 Å². The number of pyridine rings is 1. The average molecular weight is 219 g/mol. The van der Waals surface area contributed by atoms with Crippen molar-refractivity contribution in [1.29, 1.82) is 5.26 Å². The number of carboxylic acids is 1. The molecular weight excluding hydrogens is 206 g/mol. The van der Waals surface area contributed by atoms with E-state index in [1.54, 1.807) is 0 Å². The van der Waals surface area contributed by atoms with Crippen LogP contribution in [0.4, 0.5) is 5.82 Å². The monoisotopic (exact) mass is 219 g/mol. The molecule has 0 bridgehead atoms. The summed E-state index contributed by atoms with van der Waals surface area (Å²) in [5, 5.41) is 17.4. The largest absolute Gasteiger partial charge is 0.478 e. The lowest BCUT2D eigenvalue weighted by Crippen LogP contribution is -2.24. The summed E-state index contributed by atoms with van der Waals surface area (Å²) in [6.45, 7) is 3.19. The Hall–Kier alpha value is -2.09. The molecule has 0 fully saturated rings. The van der Waals surface area contributed by atoms with Crippen molar-refractivity contribution in [2.75, 3.05) is 18.0 Å². The maximum absolute atomic E-state index is 10.8. The molecular formula is C11H13N3O2. The van der Waals surface area contributed by atoms with E-state index in [4.69, 9.17) is 10.4 Å². The third-order valence-corrected chi connectivity index (χ3v) is 2.19. The Morgan fingerprint density at radius 1 is 1.69 bits per heavy atom.